The monoisotopic (exact) mass is 291 g/mol. The fourth-order valence-electron chi connectivity index (χ4n) is 1.76. The highest BCUT2D eigenvalue weighted by atomic mass is 32.1. The van der Waals surface area contributed by atoms with Crippen molar-refractivity contribution in [3.63, 3.8) is 0 Å². The number of aromatic nitrogens is 1. The van der Waals surface area contributed by atoms with Crippen LogP contribution in [0, 0.1) is 0 Å². The van der Waals surface area contributed by atoms with Gasteiger partial charge in [0.15, 0.2) is 0 Å². The number of nitrogens with one attached hydrogen (secondary N) is 1. The highest BCUT2D eigenvalue weighted by molar-refractivity contribution is 7.10. The topological polar surface area (TPSA) is 77.2 Å². The second kappa shape index (κ2) is 6.38. The van der Waals surface area contributed by atoms with Crippen molar-refractivity contribution in [1.29, 1.82) is 0 Å². The van der Waals surface area contributed by atoms with Crippen LogP contribution in [-0.4, -0.2) is 17.6 Å². The van der Waals surface area contributed by atoms with Crippen LogP contribution >= 0.6 is 11.3 Å². The van der Waals surface area contributed by atoms with E-state index in [1.165, 1.54) is 11.1 Å². The van der Waals surface area contributed by atoms with E-state index in [0.717, 1.165) is 0 Å². The molecule has 2 rings (SSSR count). The standard InChI is InChI=1S/C14H17N3O2S/c1-3-19-14(18)10-7-13(16-8-11(10)15)17-9(2)12-5-4-6-20-12/h4-9H,3,15H2,1-2H3,(H,16,17). The normalized spacial score (nSPS) is 11.9. The first-order valence-electron chi connectivity index (χ1n) is 6.34. The number of carbonyl (C=O) groups is 1. The minimum atomic E-state index is -0.431. The highest BCUT2D eigenvalue weighted by Gasteiger charge is 2.14. The zero-order chi connectivity index (χ0) is 14.5. The molecular formula is C14H17N3O2S. The van der Waals surface area contributed by atoms with E-state index < -0.39 is 5.97 Å². The Morgan fingerprint density at radius 3 is 3.05 bits per heavy atom. The van der Waals surface area contributed by atoms with Crippen LogP contribution in [0.15, 0.2) is 29.8 Å². The van der Waals surface area contributed by atoms with Crippen molar-refractivity contribution in [2.75, 3.05) is 17.7 Å². The summed E-state index contributed by atoms with van der Waals surface area (Å²) in [6.07, 6.45) is 1.47. The van der Waals surface area contributed by atoms with Gasteiger partial charge in [-0.3, -0.25) is 0 Å². The van der Waals surface area contributed by atoms with Crippen LogP contribution < -0.4 is 11.1 Å². The maximum absolute atomic E-state index is 11.8. The summed E-state index contributed by atoms with van der Waals surface area (Å²) >= 11 is 1.67. The number of hydrogen-bond donors (Lipinski definition) is 2. The third kappa shape index (κ3) is 3.27. The Morgan fingerprint density at radius 2 is 2.40 bits per heavy atom. The number of nitrogens with zero attached hydrogens (tertiary/aromatic N) is 1. The number of esters is 1. The predicted molar refractivity (Wildman–Crippen MR) is 81.0 cm³/mol. The van der Waals surface area contributed by atoms with E-state index in [-0.39, 0.29) is 6.04 Å². The number of anilines is 2. The van der Waals surface area contributed by atoms with Gasteiger partial charge in [-0.25, -0.2) is 9.78 Å². The Labute approximate surface area is 121 Å². The molecule has 0 fully saturated rings. The number of nitrogens with two attached hydrogens (primary N) is 1. The molecule has 0 aliphatic rings. The molecule has 0 aliphatic heterocycles. The van der Waals surface area contributed by atoms with Gasteiger partial charge in [0, 0.05) is 4.88 Å². The third-order valence-corrected chi connectivity index (χ3v) is 3.82. The van der Waals surface area contributed by atoms with Crippen molar-refractivity contribution in [3.8, 4) is 0 Å². The Bertz CT molecular complexity index is 584. The molecule has 3 N–H and O–H groups in total. The average molecular weight is 291 g/mol. The van der Waals surface area contributed by atoms with E-state index in [0.29, 0.717) is 23.7 Å². The van der Waals surface area contributed by atoms with Gasteiger partial charge in [0.25, 0.3) is 0 Å². The van der Waals surface area contributed by atoms with Gasteiger partial charge >= 0.3 is 5.97 Å². The molecule has 2 heterocycles. The molecule has 20 heavy (non-hydrogen) atoms. The SMILES string of the molecule is CCOC(=O)c1cc(NC(C)c2cccs2)ncc1N. The van der Waals surface area contributed by atoms with E-state index in [1.54, 1.807) is 24.3 Å². The van der Waals surface area contributed by atoms with Crippen LogP contribution in [0.2, 0.25) is 0 Å². The number of carbonyl (C=O) groups excluding carboxylic acids is 1. The number of rotatable bonds is 5. The van der Waals surface area contributed by atoms with E-state index in [4.69, 9.17) is 10.5 Å². The number of ether oxygens (including phenoxy) is 1. The molecule has 0 aliphatic carbocycles. The van der Waals surface area contributed by atoms with Crippen molar-refractivity contribution < 1.29 is 9.53 Å². The first kappa shape index (κ1) is 14.3. The lowest BCUT2D eigenvalue weighted by Gasteiger charge is -2.14. The fourth-order valence-corrected chi connectivity index (χ4v) is 2.50. The van der Waals surface area contributed by atoms with Gasteiger partial charge in [-0.2, -0.15) is 0 Å². The molecular weight excluding hydrogens is 274 g/mol. The Morgan fingerprint density at radius 1 is 1.60 bits per heavy atom. The van der Waals surface area contributed by atoms with Crippen molar-refractivity contribution in [2.24, 2.45) is 0 Å². The fraction of sp³-hybridized carbons (Fsp3) is 0.286. The van der Waals surface area contributed by atoms with Crippen LogP contribution in [0.4, 0.5) is 11.5 Å². The number of thiophene rings is 1. The smallest absolute Gasteiger partial charge is 0.340 e. The molecule has 2 aromatic rings. The average Bonchev–Trinajstić information content (AvgIpc) is 2.95. The maximum atomic E-state index is 11.8. The molecule has 0 amide bonds. The lowest BCUT2D eigenvalue weighted by atomic mass is 10.2. The minimum Gasteiger partial charge on any atom is -0.462 e. The van der Waals surface area contributed by atoms with Gasteiger partial charge in [-0.1, -0.05) is 6.07 Å². The van der Waals surface area contributed by atoms with Gasteiger partial charge in [0.05, 0.1) is 30.1 Å². The Kier molecular flexibility index (Phi) is 4.57. The molecule has 1 atom stereocenters. The summed E-state index contributed by atoms with van der Waals surface area (Å²) in [5.41, 5.74) is 6.41. The second-order valence-electron chi connectivity index (χ2n) is 4.26. The van der Waals surface area contributed by atoms with Crippen molar-refractivity contribution >= 4 is 28.8 Å². The summed E-state index contributed by atoms with van der Waals surface area (Å²) in [7, 11) is 0. The van der Waals surface area contributed by atoms with Gasteiger partial charge in [0.1, 0.15) is 5.82 Å². The van der Waals surface area contributed by atoms with Gasteiger partial charge < -0.3 is 15.8 Å². The Balaban J connectivity index is 2.17. The van der Waals surface area contributed by atoms with E-state index >= 15 is 0 Å². The third-order valence-electron chi connectivity index (χ3n) is 2.76. The lowest BCUT2D eigenvalue weighted by Crippen LogP contribution is -2.11. The number of nitrogen functional groups attached to an aromatic ring is 1. The van der Waals surface area contributed by atoms with E-state index in [1.807, 2.05) is 24.4 Å². The zero-order valence-electron chi connectivity index (χ0n) is 11.4. The molecule has 6 heteroatoms. The summed E-state index contributed by atoms with van der Waals surface area (Å²) in [4.78, 5) is 17.2. The van der Waals surface area contributed by atoms with Crippen molar-refractivity contribution in [3.05, 3.63) is 40.2 Å². The minimum absolute atomic E-state index is 0.112. The highest BCUT2D eigenvalue weighted by Crippen LogP contribution is 2.24. The quantitative estimate of drug-likeness (QED) is 0.828. The van der Waals surface area contributed by atoms with Crippen LogP contribution in [-0.2, 0) is 4.74 Å². The molecule has 106 valence electrons. The van der Waals surface area contributed by atoms with Crippen LogP contribution in [0.5, 0.6) is 0 Å². The summed E-state index contributed by atoms with van der Waals surface area (Å²) in [5, 5.41) is 5.27. The molecule has 1 unspecified atom stereocenters. The van der Waals surface area contributed by atoms with Crippen LogP contribution in [0.1, 0.15) is 35.1 Å². The first-order chi connectivity index (χ1) is 9.61. The molecule has 0 saturated carbocycles. The maximum Gasteiger partial charge on any atom is 0.340 e. The van der Waals surface area contributed by atoms with Crippen molar-refractivity contribution in [1.82, 2.24) is 4.98 Å². The van der Waals surface area contributed by atoms with Gasteiger partial charge in [-0.15, -0.1) is 11.3 Å². The molecule has 0 bridgehead atoms. The van der Waals surface area contributed by atoms with E-state index in [2.05, 4.69) is 10.3 Å². The molecule has 2 aromatic heterocycles. The largest absolute Gasteiger partial charge is 0.462 e. The number of pyridine rings is 1. The second-order valence-corrected chi connectivity index (χ2v) is 5.24. The van der Waals surface area contributed by atoms with Crippen LogP contribution in [0.25, 0.3) is 0 Å². The first-order valence-corrected chi connectivity index (χ1v) is 7.22. The molecule has 0 radical (unpaired) electrons. The van der Waals surface area contributed by atoms with Gasteiger partial charge in [0.2, 0.25) is 0 Å². The number of hydrogen-bond acceptors (Lipinski definition) is 6. The predicted octanol–water partition coefficient (Wildman–Crippen LogP) is 3.08. The van der Waals surface area contributed by atoms with Gasteiger partial charge in [-0.05, 0) is 31.4 Å². The molecule has 0 spiro atoms. The summed E-state index contributed by atoms with van der Waals surface area (Å²) in [6.45, 7) is 4.11. The summed E-state index contributed by atoms with van der Waals surface area (Å²) < 4.78 is 4.97. The van der Waals surface area contributed by atoms with Crippen molar-refractivity contribution in [2.45, 2.75) is 19.9 Å². The molecule has 0 aromatic carbocycles. The zero-order valence-corrected chi connectivity index (χ0v) is 12.2. The Hall–Kier alpha value is -2.08. The van der Waals surface area contributed by atoms with Crippen LogP contribution in [0.3, 0.4) is 0 Å². The van der Waals surface area contributed by atoms with E-state index in [9.17, 15) is 4.79 Å². The summed E-state index contributed by atoms with van der Waals surface area (Å²) in [6, 6.07) is 5.78. The summed E-state index contributed by atoms with van der Waals surface area (Å²) in [5.74, 6) is 0.169. The molecule has 0 saturated heterocycles. The molecule has 5 nitrogen and oxygen atoms in total. The lowest BCUT2D eigenvalue weighted by molar-refractivity contribution is 0.0527.